The number of hydrogen-bond donors (Lipinski definition) is 0. The van der Waals surface area contributed by atoms with Crippen LogP contribution in [0.3, 0.4) is 0 Å². The van der Waals surface area contributed by atoms with Crippen LogP contribution in [0.2, 0.25) is 0 Å². The lowest BCUT2D eigenvalue weighted by molar-refractivity contribution is 0.284. The molecule has 0 atom stereocenters. The van der Waals surface area contributed by atoms with Crippen molar-refractivity contribution in [2.75, 3.05) is 7.05 Å². The first-order valence-electron chi connectivity index (χ1n) is 6.53. The fraction of sp³-hybridized carbons (Fsp3) is 0.750. The highest BCUT2D eigenvalue weighted by Crippen LogP contribution is 2.28. The average Bonchev–Trinajstić information content (AvgIpc) is 2.63. The molecule has 0 radical (unpaired) electrons. The third-order valence-corrected chi connectivity index (χ3v) is 5.86. The number of sulfonamides is 1. The van der Waals surface area contributed by atoms with Crippen molar-refractivity contribution in [1.29, 1.82) is 0 Å². The second kappa shape index (κ2) is 5.20. The Bertz CT molecular complexity index is 562. The molecule has 1 saturated carbocycles. The molecular formula is C12H20FN3O2S. The zero-order valence-corrected chi connectivity index (χ0v) is 12.4. The van der Waals surface area contributed by atoms with Gasteiger partial charge in [-0.1, -0.05) is 19.3 Å². The van der Waals surface area contributed by atoms with Gasteiger partial charge in [-0.25, -0.2) is 13.1 Å². The molecule has 0 N–H and O–H groups in total. The van der Waals surface area contributed by atoms with Gasteiger partial charge in [-0.2, -0.15) is 13.8 Å². The molecule has 0 saturated heterocycles. The maximum absolute atomic E-state index is 13.9. The highest BCUT2D eigenvalue weighted by atomic mass is 32.2. The minimum absolute atomic E-state index is 0.0299. The van der Waals surface area contributed by atoms with E-state index in [1.165, 1.54) is 25.3 Å². The first kappa shape index (κ1) is 14.5. The van der Waals surface area contributed by atoms with Gasteiger partial charge in [0.15, 0.2) is 4.90 Å². The molecule has 19 heavy (non-hydrogen) atoms. The number of halogens is 1. The molecule has 1 aliphatic carbocycles. The van der Waals surface area contributed by atoms with E-state index in [2.05, 4.69) is 5.10 Å². The first-order chi connectivity index (χ1) is 8.85. The van der Waals surface area contributed by atoms with Crippen molar-refractivity contribution in [2.24, 2.45) is 7.05 Å². The number of aromatic nitrogens is 2. The van der Waals surface area contributed by atoms with E-state index >= 15 is 0 Å². The molecule has 1 aromatic heterocycles. The van der Waals surface area contributed by atoms with Crippen LogP contribution in [0.5, 0.6) is 0 Å². The molecule has 1 aromatic rings. The van der Waals surface area contributed by atoms with Gasteiger partial charge in [0.2, 0.25) is 16.0 Å². The summed E-state index contributed by atoms with van der Waals surface area (Å²) in [5.74, 6) is -0.792. The van der Waals surface area contributed by atoms with Crippen LogP contribution in [0.4, 0.5) is 4.39 Å². The minimum atomic E-state index is -3.80. The molecule has 0 aromatic carbocycles. The molecule has 0 unspecified atom stereocenters. The van der Waals surface area contributed by atoms with Crippen molar-refractivity contribution >= 4 is 10.0 Å². The van der Waals surface area contributed by atoms with Crippen LogP contribution in [0.15, 0.2) is 4.90 Å². The molecule has 108 valence electrons. The van der Waals surface area contributed by atoms with E-state index in [9.17, 15) is 12.8 Å². The van der Waals surface area contributed by atoms with Crippen molar-refractivity contribution in [3.05, 3.63) is 11.6 Å². The maximum atomic E-state index is 13.9. The lowest BCUT2D eigenvalue weighted by Crippen LogP contribution is -2.38. The highest BCUT2D eigenvalue weighted by molar-refractivity contribution is 7.89. The Kier molecular flexibility index (Phi) is 3.96. The Hall–Kier alpha value is -0.950. The summed E-state index contributed by atoms with van der Waals surface area (Å²) in [6.07, 6.45) is 4.88. The Labute approximate surface area is 113 Å². The standard InChI is InChI=1S/C12H20FN3O2S/c1-9-11(12(13)15(2)14-9)19(17,18)16(3)10-7-5-4-6-8-10/h10H,4-8H2,1-3H3. The van der Waals surface area contributed by atoms with Crippen LogP contribution in [0.25, 0.3) is 0 Å². The second-order valence-corrected chi connectivity index (χ2v) is 7.08. The molecule has 0 amide bonds. The van der Waals surface area contributed by atoms with Crippen molar-refractivity contribution in [3.63, 3.8) is 0 Å². The summed E-state index contributed by atoms with van der Waals surface area (Å²) >= 11 is 0. The molecule has 1 aliphatic rings. The largest absolute Gasteiger partial charge is 0.249 e. The van der Waals surface area contributed by atoms with Crippen LogP contribution in [-0.4, -0.2) is 35.6 Å². The zero-order chi connectivity index (χ0) is 14.2. The van der Waals surface area contributed by atoms with Crippen molar-refractivity contribution in [1.82, 2.24) is 14.1 Å². The summed E-state index contributed by atoms with van der Waals surface area (Å²) < 4.78 is 41.3. The minimum Gasteiger partial charge on any atom is -0.241 e. The van der Waals surface area contributed by atoms with Crippen LogP contribution in [-0.2, 0) is 17.1 Å². The van der Waals surface area contributed by atoms with Crippen molar-refractivity contribution in [2.45, 2.75) is 50.0 Å². The number of aryl methyl sites for hydroxylation is 2. The SMILES string of the molecule is Cc1nn(C)c(F)c1S(=O)(=O)N(C)C1CCCCC1. The number of rotatable bonds is 3. The summed E-state index contributed by atoms with van der Waals surface area (Å²) in [5, 5.41) is 3.84. The van der Waals surface area contributed by atoms with Gasteiger partial charge in [0.25, 0.3) is 0 Å². The Morgan fingerprint density at radius 1 is 1.32 bits per heavy atom. The topological polar surface area (TPSA) is 55.2 Å². The van der Waals surface area contributed by atoms with Gasteiger partial charge in [-0.05, 0) is 19.8 Å². The van der Waals surface area contributed by atoms with Gasteiger partial charge in [0.05, 0.1) is 5.69 Å². The van der Waals surface area contributed by atoms with Gasteiger partial charge in [0.1, 0.15) is 0 Å². The molecule has 1 fully saturated rings. The summed E-state index contributed by atoms with van der Waals surface area (Å²) in [5.41, 5.74) is 0.211. The first-order valence-corrected chi connectivity index (χ1v) is 7.97. The fourth-order valence-corrected chi connectivity index (χ4v) is 4.34. The van der Waals surface area contributed by atoms with E-state index in [4.69, 9.17) is 0 Å². The second-order valence-electron chi connectivity index (χ2n) is 5.14. The maximum Gasteiger partial charge on any atom is 0.249 e. The lowest BCUT2D eigenvalue weighted by atomic mass is 9.96. The van der Waals surface area contributed by atoms with Crippen LogP contribution >= 0.6 is 0 Å². The monoisotopic (exact) mass is 289 g/mol. The number of hydrogen-bond acceptors (Lipinski definition) is 3. The molecular weight excluding hydrogens is 269 g/mol. The number of nitrogens with zero attached hydrogens (tertiary/aromatic N) is 3. The van der Waals surface area contributed by atoms with Crippen molar-refractivity contribution < 1.29 is 12.8 Å². The van der Waals surface area contributed by atoms with E-state index in [1.54, 1.807) is 0 Å². The van der Waals surface area contributed by atoms with Crippen LogP contribution in [0.1, 0.15) is 37.8 Å². The summed E-state index contributed by atoms with van der Waals surface area (Å²) in [7, 11) is -0.861. The molecule has 7 heteroatoms. The predicted octanol–water partition coefficient (Wildman–Crippen LogP) is 1.82. The van der Waals surface area contributed by atoms with E-state index in [-0.39, 0.29) is 16.6 Å². The third-order valence-electron chi connectivity index (χ3n) is 3.83. The molecule has 2 rings (SSSR count). The molecule has 1 heterocycles. The average molecular weight is 289 g/mol. The fourth-order valence-electron chi connectivity index (χ4n) is 2.69. The Morgan fingerprint density at radius 3 is 2.37 bits per heavy atom. The highest BCUT2D eigenvalue weighted by Gasteiger charge is 2.34. The molecule has 0 bridgehead atoms. The Morgan fingerprint density at radius 2 is 1.89 bits per heavy atom. The smallest absolute Gasteiger partial charge is 0.241 e. The zero-order valence-electron chi connectivity index (χ0n) is 11.6. The molecule has 0 spiro atoms. The Balaban J connectivity index is 2.36. The summed E-state index contributed by atoms with van der Waals surface area (Å²) in [4.78, 5) is -0.289. The lowest BCUT2D eigenvalue weighted by Gasteiger charge is -2.30. The third kappa shape index (κ3) is 2.53. The van der Waals surface area contributed by atoms with E-state index < -0.39 is 16.0 Å². The van der Waals surface area contributed by atoms with Crippen LogP contribution in [0, 0.1) is 12.9 Å². The van der Waals surface area contributed by atoms with Gasteiger partial charge in [-0.3, -0.25) is 0 Å². The molecule has 0 aliphatic heterocycles. The van der Waals surface area contributed by atoms with Gasteiger partial charge >= 0.3 is 0 Å². The van der Waals surface area contributed by atoms with E-state index in [0.717, 1.165) is 36.8 Å². The van der Waals surface area contributed by atoms with E-state index in [1.807, 2.05) is 0 Å². The summed E-state index contributed by atoms with van der Waals surface area (Å²) in [6, 6.07) is -0.0299. The normalized spacial score (nSPS) is 18.2. The van der Waals surface area contributed by atoms with Gasteiger partial charge in [-0.15, -0.1) is 0 Å². The van der Waals surface area contributed by atoms with Crippen molar-refractivity contribution in [3.8, 4) is 0 Å². The van der Waals surface area contributed by atoms with Gasteiger partial charge in [0, 0.05) is 20.1 Å². The predicted molar refractivity (Wildman–Crippen MR) is 69.7 cm³/mol. The van der Waals surface area contributed by atoms with Gasteiger partial charge < -0.3 is 0 Å². The van der Waals surface area contributed by atoms with E-state index in [0.29, 0.717) is 0 Å². The quantitative estimate of drug-likeness (QED) is 0.853. The molecule has 5 nitrogen and oxygen atoms in total. The summed E-state index contributed by atoms with van der Waals surface area (Å²) in [6.45, 7) is 1.52. The van der Waals surface area contributed by atoms with Crippen LogP contribution < -0.4 is 0 Å².